The minimum Gasteiger partial charge on any atom is -0.508 e. The fourth-order valence-corrected chi connectivity index (χ4v) is 2.05. The molecule has 1 unspecified atom stereocenters. The summed E-state index contributed by atoms with van der Waals surface area (Å²) in [5.41, 5.74) is 0.598. The van der Waals surface area contributed by atoms with E-state index in [1.807, 2.05) is 0 Å². The van der Waals surface area contributed by atoms with E-state index in [-0.39, 0.29) is 17.6 Å². The highest BCUT2D eigenvalue weighted by Gasteiger charge is 2.34. The summed E-state index contributed by atoms with van der Waals surface area (Å²) in [4.78, 5) is 21.2. The monoisotopic (exact) mass is 261 g/mol. The Balaban J connectivity index is 2.09. The van der Waals surface area contributed by atoms with E-state index in [0.717, 1.165) is 0 Å². The summed E-state index contributed by atoms with van der Waals surface area (Å²) >= 11 is 0. The van der Waals surface area contributed by atoms with Crippen LogP contribution in [0.15, 0.2) is 42.2 Å². The first-order valence-corrected chi connectivity index (χ1v) is 5.63. The van der Waals surface area contributed by atoms with Gasteiger partial charge in [-0.2, -0.15) is 0 Å². The molecule has 1 heterocycles. The second-order valence-electron chi connectivity index (χ2n) is 4.07. The number of benzene rings is 1. The van der Waals surface area contributed by atoms with Gasteiger partial charge in [0.25, 0.3) is 0 Å². The molecule has 2 aliphatic rings. The van der Waals surface area contributed by atoms with E-state index >= 15 is 0 Å². The predicted octanol–water partition coefficient (Wildman–Crippen LogP) is 1.48. The largest absolute Gasteiger partial charge is 0.508 e. The summed E-state index contributed by atoms with van der Waals surface area (Å²) in [5, 5.41) is 10.9. The number of rotatable bonds is 2. The molecule has 1 aromatic carbocycles. The average Bonchev–Trinajstić information content (AvgIpc) is 2.37. The molecule has 1 aromatic rings. The van der Waals surface area contributed by atoms with Gasteiger partial charge >= 0.3 is 0 Å². The van der Waals surface area contributed by atoms with Gasteiger partial charge in [0.05, 0.1) is 7.11 Å². The Hall–Kier alpha value is -2.31. The van der Waals surface area contributed by atoms with Crippen LogP contribution in [0, 0.1) is 0 Å². The minimum atomic E-state index is -0.380. The second-order valence-corrected chi connectivity index (χ2v) is 4.07. The Kier molecular flexibility index (Phi) is 2.73. The van der Waals surface area contributed by atoms with Crippen molar-refractivity contribution in [3.05, 3.63) is 42.2 Å². The van der Waals surface area contributed by atoms with Gasteiger partial charge in [-0.25, -0.2) is 9.95 Å². The van der Waals surface area contributed by atoms with Crippen molar-refractivity contribution in [1.29, 1.82) is 0 Å². The Morgan fingerprint density at radius 2 is 2.26 bits per heavy atom. The van der Waals surface area contributed by atoms with E-state index in [9.17, 15) is 9.90 Å². The fraction of sp³-hybridized carbons (Fsp3) is 0.154. The van der Waals surface area contributed by atoms with Crippen LogP contribution in [0.1, 0.15) is 0 Å². The molecule has 0 saturated heterocycles. The molecular weight excluding hydrogens is 250 g/mol. The molecule has 0 fully saturated rings. The van der Waals surface area contributed by atoms with Gasteiger partial charge < -0.3 is 9.84 Å². The van der Waals surface area contributed by atoms with E-state index in [2.05, 4.69) is 0 Å². The van der Waals surface area contributed by atoms with Crippen LogP contribution in [0.25, 0.3) is 0 Å². The molecule has 1 N–H and O–H groups in total. The van der Waals surface area contributed by atoms with E-state index in [1.54, 1.807) is 12.1 Å². The lowest BCUT2D eigenvalue weighted by Crippen LogP contribution is -2.41. The number of aromatic hydroxyl groups is 1. The molecule has 0 bridgehead atoms. The number of allylic oxidation sites excluding steroid dienone is 2. The predicted molar refractivity (Wildman–Crippen MR) is 65.3 cm³/mol. The summed E-state index contributed by atoms with van der Waals surface area (Å²) < 4.78 is 5.62. The molecule has 19 heavy (non-hydrogen) atoms. The van der Waals surface area contributed by atoms with Crippen molar-refractivity contribution < 1.29 is 24.5 Å². The number of phenols is 1. The number of anilines is 1. The van der Waals surface area contributed by atoms with Crippen LogP contribution in [-0.4, -0.2) is 24.0 Å². The maximum atomic E-state index is 11.4. The second kappa shape index (κ2) is 4.42. The van der Waals surface area contributed by atoms with Crippen molar-refractivity contribution in [3.63, 3.8) is 0 Å². The normalized spacial score (nSPS) is 20.5. The Labute approximate surface area is 109 Å². The number of carbonyl (C=O) groups excluding carboxylic acids is 1. The van der Waals surface area contributed by atoms with Gasteiger partial charge in [-0.3, -0.25) is 4.79 Å². The number of fused-ring (bicyclic) bond motifs is 2. The number of hydrogen-bond acceptors (Lipinski definition) is 6. The van der Waals surface area contributed by atoms with Crippen LogP contribution in [0.2, 0.25) is 0 Å². The molecule has 6 nitrogen and oxygen atoms in total. The number of phenolic OH excluding ortho intramolecular Hbond substituents is 1. The third-order valence-corrected chi connectivity index (χ3v) is 2.83. The summed E-state index contributed by atoms with van der Waals surface area (Å²) in [6, 6.07) is 4.22. The molecule has 0 saturated carbocycles. The summed E-state index contributed by atoms with van der Waals surface area (Å²) in [6.45, 7) is 0. The third-order valence-electron chi connectivity index (χ3n) is 2.83. The Morgan fingerprint density at radius 1 is 1.42 bits per heavy atom. The molecule has 0 spiro atoms. The van der Waals surface area contributed by atoms with Crippen molar-refractivity contribution in [1.82, 2.24) is 0 Å². The van der Waals surface area contributed by atoms with Gasteiger partial charge in [0.1, 0.15) is 23.2 Å². The van der Waals surface area contributed by atoms with E-state index < -0.39 is 0 Å². The van der Waals surface area contributed by atoms with Crippen LogP contribution >= 0.6 is 0 Å². The van der Waals surface area contributed by atoms with E-state index in [0.29, 0.717) is 17.2 Å². The zero-order chi connectivity index (χ0) is 13.4. The van der Waals surface area contributed by atoms with Gasteiger partial charge in [-0.15, -0.1) is 4.99 Å². The molecule has 6 heteroatoms. The molecule has 98 valence electrons. The van der Waals surface area contributed by atoms with Gasteiger partial charge in [0.2, 0.25) is 0 Å². The van der Waals surface area contributed by atoms with Crippen LogP contribution in [0.3, 0.4) is 0 Å². The molecule has 0 aromatic heterocycles. The van der Waals surface area contributed by atoms with Crippen LogP contribution in [0.4, 0.5) is 5.69 Å². The summed E-state index contributed by atoms with van der Waals surface area (Å²) in [7, 11) is 1.39. The van der Waals surface area contributed by atoms with Crippen molar-refractivity contribution in [2.45, 2.75) is 6.04 Å². The van der Waals surface area contributed by atoms with Gasteiger partial charge in [0, 0.05) is 12.1 Å². The number of hydroxylamine groups is 1. The maximum Gasteiger partial charge on any atom is 0.181 e. The lowest BCUT2D eigenvalue weighted by Gasteiger charge is -2.36. The van der Waals surface area contributed by atoms with Gasteiger partial charge in [0.15, 0.2) is 11.5 Å². The molecular formula is C13H11NO5. The molecule has 0 amide bonds. The number of ether oxygens (including phenoxy) is 1. The van der Waals surface area contributed by atoms with Crippen molar-refractivity contribution in [2.24, 2.45) is 0 Å². The lowest BCUT2D eigenvalue weighted by atomic mass is 10.0. The molecule has 1 aliphatic carbocycles. The molecule has 3 rings (SSSR count). The maximum absolute atomic E-state index is 11.4. The van der Waals surface area contributed by atoms with E-state index in [4.69, 9.17) is 14.6 Å². The fourth-order valence-electron chi connectivity index (χ4n) is 2.05. The molecule has 0 radical (unpaired) electrons. The smallest absolute Gasteiger partial charge is 0.181 e. The third kappa shape index (κ3) is 1.96. The highest BCUT2D eigenvalue weighted by Crippen LogP contribution is 2.41. The molecule has 1 atom stereocenters. The highest BCUT2D eigenvalue weighted by atomic mass is 17.3. The SMILES string of the molecule is COON1c2ccc(O)cc2OC2=CC(=O)C=CC21. The summed E-state index contributed by atoms with van der Waals surface area (Å²) in [5.74, 6) is 0.713. The highest BCUT2D eigenvalue weighted by molar-refractivity contribution is 6.01. The van der Waals surface area contributed by atoms with E-state index in [1.165, 1.54) is 36.5 Å². The van der Waals surface area contributed by atoms with Gasteiger partial charge in [-0.1, -0.05) is 0 Å². The number of ketones is 1. The quantitative estimate of drug-likeness (QED) is 0.642. The standard InChI is InChI=1S/C13H11NO5/c1-17-19-14-10-4-2-8(15)6-12(10)18-13-7-9(16)3-5-11(13)14/h2-7,10,16H,1H3. The lowest BCUT2D eigenvalue weighted by molar-refractivity contribution is -0.286. The number of nitrogens with zero attached hydrogens (tertiary/aromatic N) is 1. The van der Waals surface area contributed by atoms with Crippen LogP contribution in [-0.2, 0) is 14.7 Å². The number of hydrogen-bond donors (Lipinski definition) is 1. The van der Waals surface area contributed by atoms with Crippen LogP contribution in [0.5, 0.6) is 11.5 Å². The molecule has 1 aliphatic heterocycles. The van der Waals surface area contributed by atoms with Crippen LogP contribution < -0.4 is 9.80 Å². The Morgan fingerprint density at radius 3 is 3.05 bits per heavy atom. The number of carbonyl (C=O) groups is 1. The minimum absolute atomic E-state index is 0.0628. The average molecular weight is 261 g/mol. The first-order valence-electron chi connectivity index (χ1n) is 5.63. The first kappa shape index (κ1) is 11.8. The zero-order valence-corrected chi connectivity index (χ0v) is 10.1. The van der Waals surface area contributed by atoms with Gasteiger partial charge in [-0.05, 0) is 24.3 Å². The van der Waals surface area contributed by atoms with Crippen molar-refractivity contribution >= 4 is 11.5 Å². The Bertz CT molecular complexity index is 593. The van der Waals surface area contributed by atoms with Crippen molar-refractivity contribution in [3.8, 4) is 11.5 Å². The summed E-state index contributed by atoms with van der Waals surface area (Å²) in [6.07, 6.45) is 4.48. The van der Waals surface area contributed by atoms with Crippen molar-refractivity contribution in [2.75, 3.05) is 12.2 Å². The zero-order valence-electron chi connectivity index (χ0n) is 10.1. The first-order chi connectivity index (χ1) is 9.19. The topological polar surface area (TPSA) is 68.2 Å².